The molecule has 8 nitrogen and oxygen atoms in total. The number of carbonyl (C=O) groups excluding carboxylic acids is 2. The average molecular weight is 412 g/mol. The van der Waals surface area contributed by atoms with Crippen molar-refractivity contribution >= 4 is 33.6 Å². The van der Waals surface area contributed by atoms with Crippen LogP contribution in [0.1, 0.15) is 22.8 Å². The Kier molecular flexibility index (Phi) is 7.17. The Bertz CT molecular complexity index is 919. The van der Waals surface area contributed by atoms with Crippen molar-refractivity contribution < 1.29 is 22.7 Å². The Morgan fingerprint density at radius 2 is 1.78 bits per heavy atom. The van der Waals surface area contributed by atoms with Crippen molar-refractivity contribution in [1.82, 2.24) is 15.6 Å². The topological polar surface area (TPSA) is 114 Å². The highest BCUT2D eigenvalue weighted by Gasteiger charge is 2.20. The fourth-order valence-electron chi connectivity index (χ4n) is 2.05. The minimum atomic E-state index is -3.96. The molecule has 2 aromatic carbocycles. The van der Waals surface area contributed by atoms with E-state index in [2.05, 4.69) is 14.9 Å². The Balaban J connectivity index is 2.13. The van der Waals surface area contributed by atoms with Gasteiger partial charge in [0.05, 0.1) is 11.6 Å². The van der Waals surface area contributed by atoms with Gasteiger partial charge in [0.25, 0.3) is 5.91 Å². The van der Waals surface area contributed by atoms with Crippen LogP contribution >= 0.6 is 11.6 Å². The molecule has 10 heteroatoms. The number of hydrazine groups is 1. The number of benzene rings is 2. The number of ether oxygens (including phenoxy) is 1. The first-order valence-corrected chi connectivity index (χ1v) is 9.76. The molecule has 0 radical (unpaired) electrons. The predicted molar refractivity (Wildman–Crippen MR) is 99.5 cm³/mol. The quantitative estimate of drug-likeness (QED) is 0.630. The maximum Gasteiger partial charge on any atom is 0.426 e. The summed E-state index contributed by atoms with van der Waals surface area (Å²) in [6, 6.07) is 12.7. The minimum Gasteiger partial charge on any atom is -0.449 e. The van der Waals surface area contributed by atoms with E-state index in [1.54, 1.807) is 31.2 Å². The lowest BCUT2D eigenvalue weighted by Crippen LogP contribution is -2.42. The van der Waals surface area contributed by atoms with Gasteiger partial charge >= 0.3 is 6.09 Å². The van der Waals surface area contributed by atoms with Gasteiger partial charge in [-0.15, -0.1) is 0 Å². The van der Waals surface area contributed by atoms with Crippen molar-refractivity contribution in [2.75, 3.05) is 6.61 Å². The number of nitrogens with one attached hydrogen (secondary N) is 3. The maximum atomic E-state index is 12.5. The van der Waals surface area contributed by atoms with Crippen molar-refractivity contribution in [2.45, 2.75) is 18.4 Å². The molecule has 0 spiro atoms. The Morgan fingerprint density at radius 3 is 2.44 bits per heavy atom. The number of amides is 2. The minimum absolute atomic E-state index is 0.00344. The SMILES string of the molecule is CCOC(=O)NNC(=O)c1ccc(Cl)c(S(=O)(=O)NCc2ccccc2)c1. The van der Waals surface area contributed by atoms with Gasteiger partial charge in [0.1, 0.15) is 4.90 Å². The molecule has 0 saturated carbocycles. The Labute approximate surface area is 161 Å². The van der Waals surface area contributed by atoms with Gasteiger partial charge in [0, 0.05) is 12.1 Å². The molecule has 3 N–H and O–H groups in total. The number of halogens is 1. The van der Waals surface area contributed by atoms with E-state index in [4.69, 9.17) is 11.6 Å². The fraction of sp³-hybridized carbons (Fsp3) is 0.176. The van der Waals surface area contributed by atoms with Gasteiger partial charge in [-0.3, -0.25) is 10.2 Å². The second-order valence-corrected chi connectivity index (χ2v) is 7.40. The van der Waals surface area contributed by atoms with Crippen LogP contribution < -0.4 is 15.6 Å². The molecule has 2 rings (SSSR count). The smallest absolute Gasteiger partial charge is 0.426 e. The molecule has 0 atom stereocenters. The highest BCUT2D eigenvalue weighted by molar-refractivity contribution is 7.89. The number of hydrogen-bond acceptors (Lipinski definition) is 5. The van der Waals surface area contributed by atoms with Crippen LogP contribution in [-0.4, -0.2) is 27.0 Å². The molecule has 27 heavy (non-hydrogen) atoms. The van der Waals surface area contributed by atoms with Crippen LogP contribution in [0.15, 0.2) is 53.4 Å². The van der Waals surface area contributed by atoms with Crippen molar-refractivity contribution in [2.24, 2.45) is 0 Å². The zero-order valence-electron chi connectivity index (χ0n) is 14.4. The molecule has 0 unspecified atom stereocenters. The van der Waals surface area contributed by atoms with E-state index >= 15 is 0 Å². The molecule has 0 aromatic heterocycles. The van der Waals surface area contributed by atoms with Gasteiger partial charge in [-0.05, 0) is 30.7 Å². The van der Waals surface area contributed by atoms with Crippen molar-refractivity contribution in [3.63, 3.8) is 0 Å². The van der Waals surface area contributed by atoms with Crippen molar-refractivity contribution in [3.8, 4) is 0 Å². The van der Waals surface area contributed by atoms with Gasteiger partial charge in [-0.1, -0.05) is 41.9 Å². The van der Waals surface area contributed by atoms with Gasteiger partial charge in [-0.2, -0.15) is 0 Å². The normalized spacial score (nSPS) is 10.9. The zero-order valence-corrected chi connectivity index (χ0v) is 15.9. The van der Waals surface area contributed by atoms with Crippen molar-refractivity contribution in [1.29, 1.82) is 0 Å². The summed E-state index contributed by atoms with van der Waals surface area (Å²) in [6.45, 7) is 1.82. The van der Waals surface area contributed by atoms with Gasteiger partial charge in [-0.25, -0.2) is 23.4 Å². The monoisotopic (exact) mass is 411 g/mol. The zero-order chi connectivity index (χ0) is 19.9. The van der Waals surface area contributed by atoms with E-state index in [0.717, 1.165) is 11.6 Å². The maximum absolute atomic E-state index is 12.5. The first kappa shape index (κ1) is 20.7. The molecule has 0 heterocycles. The predicted octanol–water partition coefficient (Wildman–Crippen LogP) is 2.21. The molecule has 0 aliphatic heterocycles. The lowest BCUT2D eigenvalue weighted by Gasteiger charge is -2.11. The van der Waals surface area contributed by atoms with Crippen LogP contribution in [0.5, 0.6) is 0 Å². The number of hydrogen-bond donors (Lipinski definition) is 3. The van der Waals surface area contributed by atoms with Crippen LogP contribution in [0.4, 0.5) is 4.79 Å². The lowest BCUT2D eigenvalue weighted by atomic mass is 10.2. The van der Waals surface area contributed by atoms with Gasteiger partial charge in [0.15, 0.2) is 0 Å². The standard InChI is InChI=1S/C17H18ClN3O5S/c1-2-26-17(23)21-20-16(22)13-8-9-14(18)15(10-13)27(24,25)19-11-12-6-4-3-5-7-12/h3-10,19H,2,11H2,1H3,(H,20,22)(H,21,23). The van der Waals surface area contributed by atoms with Crippen LogP contribution in [0.3, 0.4) is 0 Å². The third-order valence-corrected chi connectivity index (χ3v) is 5.23. The second kappa shape index (κ2) is 9.36. The van der Waals surface area contributed by atoms with E-state index in [9.17, 15) is 18.0 Å². The van der Waals surface area contributed by atoms with Gasteiger partial charge in [0.2, 0.25) is 10.0 Å². The van der Waals surface area contributed by atoms with Crippen LogP contribution in [0.2, 0.25) is 5.02 Å². The molecule has 2 aromatic rings. The average Bonchev–Trinajstić information content (AvgIpc) is 2.66. The van der Waals surface area contributed by atoms with E-state index in [1.165, 1.54) is 12.1 Å². The summed E-state index contributed by atoms with van der Waals surface area (Å²) >= 11 is 6.00. The molecular formula is C17H18ClN3O5S. The number of sulfonamides is 1. The van der Waals surface area contributed by atoms with Crippen molar-refractivity contribution in [3.05, 3.63) is 64.7 Å². The molecule has 0 aliphatic carbocycles. The summed E-state index contributed by atoms with van der Waals surface area (Å²) in [5.74, 6) is -0.723. The van der Waals surface area contributed by atoms with Crippen LogP contribution in [0, 0.1) is 0 Å². The lowest BCUT2D eigenvalue weighted by molar-refractivity contribution is 0.0912. The summed E-state index contributed by atoms with van der Waals surface area (Å²) in [4.78, 5) is 23.0. The molecule has 0 bridgehead atoms. The van der Waals surface area contributed by atoms with E-state index < -0.39 is 22.0 Å². The fourth-order valence-corrected chi connectivity index (χ4v) is 3.59. The third-order valence-electron chi connectivity index (χ3n) is 3.35. The summed E-state index contributed by atoms with van der Waals surface area (Å²) in [5, 5.41) is -0.0366. The number of carbonyl (C=O) groups is 2. The summed E-state index contributed by atoms with van der Waals surface area (Å²) in [6.07, 6.45) is -0.836. The first-order chi connectivity index (χ1) is 12.8. The summed E-state index contributed by atoms with van der Waals surface area (Å²) in [7, 11) is -3.96. The molecule has 0 aliphatic rings. The highest BCUT2D eigenvalue weighted by Crippen LogP contribution is 2.23. The van der Waals surface area contributed by atoms with Gasteiger partial charge < -0.3 is 4.74 Å². The molecular weight excluding hydrogens is 394 g/mol. The molecule has 0 saturated heterocycles. The third kappa shape index (κ3) is 5.95. The highest BCUT2D eigenvalue weighted by atomic mass is 35.5. The van der Waals surface area contributed by atoms with Crippen LogP contribution in [-0.2, 0) is 21.3 Å². The van der Waals surface area contributed by atoms with E-state index in [1.807, 2.05) is 11.5 Å². The Hall–Kier alpha value is -2.62. The molecule has 0 fully saturated rings. The van der Waals surface area contributed by atoms with Crippen LogP contribution in [0.25, 0.3) is 0 Å². The summed E-state index contributed by atoms with van der Waals surface area (Å²) in [5.41, 5.74) is 4.93. The largest absolute Gasteiger partial charge is 0.449 e. The van der Waals surface area contributed by atoms with E-state index in [-0.39, 0.29) is 28.6 Å². The first-order valence-electron chi connectivity index (χ1n) is 7.89. The second-order valence-electron chi connectivity index (χ2n) is 5.25. The Morgan fingerprint density at radius 1 is 1.07 bits per heavy atom. The van der Waals surface area contributed by atoms with E-state index in [0.29, 0.717) is 0 Å². The number of rotatable bonds is 6. The summed E-state index contributed by atoms with van der Waals surface area (Å²) < 4.78 is 32.1. The molecule has 144 valence electrons. The molecule has 2 amide bonds.